The summed E-state index contributed by atoms with van der Waals surface area (Å²) in [5.41, 5.74) is 0. The van der Waals surface area contributed by atoms with Crippen molar-refractivity contribution >= 4 is 17.9 Å². The van der Waals surface area contributed by atoms with Crippen LogP contribution >= 0.6 is 0 Å². The van der Waals surface area contributed by atoms with Gasteiger partial charge in [0.15, 0.2) is 6.10 Å². The van der Waals surface area contributed by atoms with Gasteiger partial charge in [-0.05, 0) is 122 Å². The van der Waals surface area contributed by atoms with Gasteiger partial charge in [0.2, 0.25) is 0 Å². The van der Waals surface area contributed by atoms with Gasteiger partial charge in [-0.1, -0.05) is 271 Å². The van der Waals surface area contributed by atoms with Gasteiger partial charge in [0.05, 0.1) is 0 Å². The molecule has 0 aliphatic rings. The minimum absolute atomic E-state index is 0.0859. The molecule has 0 rings (SSSR count). The summed E-state index contributed by atoms with van der Waals surface area (Å²) in [6.07, 6.45) is 88.1. The molecule has 0 aliphatic carbocycles. The predicted molar refractivity (Wildman–Crippen MR) is 334 cm³/mol. The Morgan fingerprint density at radius 1 is 0.273 bits per heavy atom. The van der Waals surface area contributed by atoms with E-state index in [9.17, 15) is 14.4 Å². The normalized spacial score (nSPS) is 12.8. The van der Waals surface area contributed by atoms with Crippen LogP contribution in [0.5, 0.6) is 0 Å². The highest BCUT2D eigenvalue weighted by molar-refractivity contribution is 5.71. The molecule has 0 N–H and O–H groups in total. The minimum Gasteiger partial charge on any atom is -0.462 e. The second-order valence-corrected chi connectivity index (χ2v) is 21.3. The topological polar surface area (TPSA) is 78.9 Å². The minimum atomic E-state index is -0.790. The highest BCUT2D eigenvalue weighted by atomic mass is 16.6. The highest BCUT2D eigenvalue weighted by Crippen LogP contribution is 2.16. The summed E-state index contributed by atoms with van der Waals surface area (Å²) in [6.45, 7) is 6.44. The van der Waals surface area contributed by atoms with Crippen LogP contribution in [0.2, 0.25) is 0 Å². The SMILES string of the molecule is CC/C=C\C/C=C\C/C=C\C/C=C\C/C=C\CCCCCCCCCCCCCCCC(=O)OCC(COC(=O)CCCCCCC/C=C\C/C=C\CCC)OC(=O)CCCCCCCCC/C=C\C/C=C\CCCCC. The number of carbonyl (C=O) groups excluding carboxylic acids is 3. The maximum absolute atomic E-state index is 12.9. The summed E-state index contributed by atoms with van der Waals surface area (Å²) in [5, 5.41) is 0. The molecule has 6 heteroatoms. The molecule has 0 heterocycles. The standard InChI is InChI=1S/C71H120O6/c1-4-7-10-13-16-19-22-25-27-29-30-31-32-33-34-35-36-37-38-39-40-42-43-46-49-52-55-58-61-64-70(73)76-67-68(66-75-69(72)63-60-57-54-51-48-45-24-21-18-15-12-9-6-3)77-71(74)65-62-59-56-53-50-47-44-41-28-26-23-20-17-14-11-8-5-2/h7,10,12,15-17,19-21,24-28,30-31,33-34,68H,4-6,8-9,11,13-14,18,22-23,29,32,35-67H2,1-3H3/b10-7-,15-12-,19-16-,20-17-,24-21-,27-25-,28-26-,31-30-,34-33-. The Bertz CT molecular complexity index is 1560. The molecule has 1 unspecified atom stereocenters. The van der Waals surface area contributed by atoms with Gasteiger partial charge in [-0.2, -0.15) is 0 Å². The van der Waals surface area contributed by atoms with Gasteiger partial charge in [-0.25, -0.2) is 0 Å². The number of ether oxygens (including phenoxy) is 3. The number of hydrogen-bond acceptors (Lipinski definition) is 6. The van der Waals surface area contributed by atoms with Gasteiger partial charge >= 0.3 is 17.9 Å². The number of esters is 3. The molecule has 0 saturated carbocycles. The van der Waals surface area contributed by atoms with Crippen molar-refractivity contribution in [1.29, 1.82) is 0 Å². The van der Waals surface area contributed by atoms with Gasteiger partial charge in [0, 0.05) is 19.3 Å². The molecule has 77 heavy (non-hydrogen) atoms. The summed E-state index contributed by atoms with van der Waals surface area (Å²) >= 11 is 0. The molecule has 6 nitrogen and oxygen atoms in total. The van der Waals surface area contributed by atoms with Crippen molar-refractivity contribution in [2.45, 2.75) is 309 Å². The lowest BCUT2D eigenvalue weighted by Crippen LogP contribution is -2.30. The van der Waals surface area contributed by atoms with E-state index >= 15 is 0 Å². The Balaban J connectivity index is 4.27. The maximum Gasteiger partial charge on any atom is 0.306 e. The molecule has 0 aromatic carbocycles. The molecule has 0 fully saturated rings. The van der Waals surface area contributed by atoms with E-state index in [1.165, 1.54) is 128 Å². The fraction of sp³-hybridized carbons (Fsp3) is 0.704. The van der Waals surface area contributed by atoms with Crippen molar-refractivity contribution < 1.29 is 28.6 Å². The van der Waals surface area contributed by atoms with Crippen molar-refractivity contribution in [3.63, 3.8) is 0 Å². The Hall–Kier alpha value is -3.93. The summed E-state index contributed by atoms with van der Waals surface area (Å²) in [6, 6.07) is 0. The first kappa shape index (κ1) is 73.1. The van der Waals surface area contributed by atoms with Crippen molar-refractivity contribution in [3.8, 4) is 0 Å². The van der Waals surface area contributed by atoms with Crippen LogP contribution in [0.15, 0.2) is 109 Å². The zero-order valence-corrected chi connectivity index (χ0v) is 50.4. The van der Waals surface area contributed by atoms with Gasteiger partial charge in [0.25, 0.3) is 0 Å². The van der Waals surface area contributed by atoms with Gasteiger partial charge < -0.3 is 14.2 Å². The Morgan fingerprint density at radius 2 is 0.532 bits per heavy atom. The van der Waals surface area contributed by atoms with Crippen LogP contribution in [0.25, 0.3) is 0 Å². The maximum atomic E-state index is 12.9. The zero-order valence-electron chi connectivity index (χ0n) is 50.4. The van der Waals surface area contributed by atoms with Crippen LogP contribution < -0.4 is 0 Å². The third-order valence-electron chi connectivity index (χ3n) is 13.7. The molecule has 0 spiro atoms. The number of allylic oxidation sites excluding steroid dienone is 18. The molecule has 0 bridgehead atoms. The van der Waals surface area contributed by atoms with Gasteiger partial charge in [-0.3, -0.25) is 14.4 Å². The Labute approximate surface area is 476 Å². The van der Waals surface area contributed by atoms with Crippen LogP contribution in [0.1, 0.15) is 303 Å². The number of unbranched alkanes of at least 4 members (excludes halogenated alkanes) is 29. The summed E-state index contributed by atoms with van der Waals surface area (Å²) in [7, 11) is 0. The second kappa shape index (κ2) is 64.6. The van der Waals surface area contributed by atoms with Crippen molar-refractivity contribution in [3.05, 3.63) is 109 Å². The zero-order chi connectivity index (χ0) is 55.7. The average molecular weight is 1070 g/mol. The monoisotopic (exact) mass is 1070 g/mol. The molecule has 0 saturated heterocycles. The van der Waals surface area contributed by atoms with E-state index in [0.29, 0.717) is 19.3 Å². The molecule has 0 radical (unpaired) electrons. The number of carbonyl (C=O) groups is 3. The summed E-state index contributed by atoms with van der Waals surface area (Å²) in [5.74, 6) is -0.902. The lowest BCUT2D eigenvalue weighted by molar-refractivity contribution is -0.167. The predicted octanol–water partition coefficient (Wildman–Crippen LogP) is 22.2. The van der Waals surface area contributed by atoms with Crippen LogP contribution in [0, 0.1) is 0 Å². The van der Waals surface area contributed by atoms with Gasteiger partial charge in [0.1, 0.15) is 13.2 Å². The third kappa shape index (κ3) is 62.8. The molecule has 0 amide bonds. The van der Waals surface area contributed by atoms with E-state index in [4.69, 9.17) is 14.2 Å². The summed E-state index contributed by atoms with van der Waals surface area (Å²) < 4.78 is 16.9. The average Bonchev–Trinajstić information content (AvgIpc) is 3.43. The van der Waals surface area contributed by atoms with E-state index in [1.807, 2.05) is 0 Å². The molecule has 0 aromatic heterocycles. The van der Waals surface area contributed by atoms with E-state index in [0.717, 1.165) is 135 Å². The van der Waals surface area contributed by atoms with Crippen LogP contribution in [0.3, 0.4) is 0 Å². The first-order chi connectivity index (χ1) is 38.0. The smallest absolute Gasteiger partial charge is 0.306 e. The number of hydrogen-bond donors (Lipinski definition) is 0. The fourth-order valence-corrected chi connectivity index (χ4v) is 8.89. The van der Waals surface area contributed by atoms with Crippen molar-refractivity contribution in [1.82, 2.24) is 0 Å². The largest absolute Gasteiger partial charge is 0.462 e. The van der Waals surface area contributed by atoms with Crippen LogP contribution in [0.4, 0.5) is 0 Å². The Morgan fingerprint density at radius 3 is 0.844 bits per heavy atom. The quantitative estimate of drug-likeness (QED) is 0.0261. The third-order valence-corrected chi connectivity index (χ3v) is 13.7. The first-order valence-electron chi connectivity index (χ1n) is 32.4. The van der Waals surface area contributed by atoms with Crippen LogP contribution in [-0.2, 0) is 28.6 Å². The Kier molecular flexibility index (Phi) is 61.3. The number of rotatable bonds is 58. The van der Waals surface area contributed by atoms with E-state index in [2.05, 4.69) is 130 Å². The molecule has 0 aromatic rings. The second-order valence-electron chi connectivity index (χ2n) is 21.3. The van der Waals surface area contributed by atoms with Gasteiger partial charge in [-0.15, -0.1) is 0 Å². The summed E-state index contributed by atoms with van der Waals surface area (Å²) in [4.78, 5) is 38.3. The lowest BCUT2D eigenvalue weighted by atomic mass is 10.0. The lowest BCUT2D eigenvalue weighted by Gasteiger charge is -2.18. The van der Waals surface area contributed by atoms with Crippen molar-refractivity contribution in [2.24, 2.45) is 0 Å². The van der Waals surface area contributed by atoms with Crippen molar-refractivity contribution in [2.75, 3.05) is 13.2 Å². The first-order valence-corrected chi connectivity index (χ1v) is 32.4. The molecular weight excluding hydrogens is 949 g/mol. The molecule has 440 valence electrons. The molecule has 1 atom stereocenters. The van der Waals surface area contributed by atoms with Crippen LogP contribution in [-0.4, -0.2) is 37.2 Å². The molecular formula is C71H120O6. The fourth-order valence-electron chi connectivity index (χ4n) is 8.89. The van der Waals surface area contributed by atoms with E-state index in [1.54, 1.807) is 0 Å². The highest BCUT2D eigenvalue weighted by Gasteiger charge is 2.19. The molecule has 0 aliphatic heterocycles. The van der Waals surface area contributed by atoms with E-state index in [-0.39, 0.29) is 31.1 Å². The van der Waals surface area contributed by atoms with E-state index < -0.39 is 6.10 Å².